The Kier molecular flexibility index (Phi) is 3.72. The molecule has 0 amide bonds. The van der Waals surface area contributed by atoms with Gasteiger partial charge in [-0.2, -0.15) is 0 Å². The molecule has 0 radical (unpaired) electrons. The van der Waals surface area contributed by atoms with Crippen LogP contribution < -0.4 is 0 Å². The number of morpholine rings is 1. The molecule has 0 unspecified atom stereocenters. The second-order valence-electron chi connectivity index (χ2n) is 6.57. The molecule has 1 N–H and O–H groups in total. The zero-order valence-electron chi connectivity index (χ0n) is 14.2. The summed E-state index contributed by atoms with van der Waals surface area (Å²) in [5.74, 6) is 0.476. The SMILES string of the molecule is Fc1ccc2c(-c3ccc4nc(CN5CCOCC5)oc4c3)c[nH]c2c1. The average Bonchev–Trinajstić information content (AvgIpc) is 3.24. The molecule has 26 heavy (non-hydrogen) atoms. The highest BCUT2D eigenvalue weighted by Crippen LogP contribution is 2.31. The van der Waals surface area contributed by atoms with Gasteiger partial charge in [0.1, 0.15) is 11.3 Å². The summed E-state index contributed by atoms with van der Waals surface area (Å²) in [5.41, 5.74) is 4.44. The van der Waals surface area contributed by atoms with Crippen LogP contribution in [-0.4, -0.2) is 41.2 Å². The predicted molar refractivity (Wildman–Crippen MR) is 97.4 cm³/mol. The molecule has 1 aliphatic rings. The highest BCUT2D eigenvalue weighted by Gasteiger charge is 2.15. The van der Waals surface area contributed by atoms with Crippen LogP contribution >= 0.6 is 0 Å². The molecule has 2 aromatic carbocycles. The Morgan fingerprint density at radius 1 is 1.12 bits per heavy atom. The minimum Gasteiger partial charge on any atom is -0.439 e. The summed E-state index contributed by atoms with van der Waals surface area (Å²) in [6.07, 6.45) is 1.90. The molecule has 0 spiro atoms. The van der Waals surface area contributed by atoms with Gasteiger partial charge in [0.05, 0.1) is 19.8 Å². The third-order valence-corrected chi connectivity index (χ3v) is 4.85. The molecule has 3 heterocycles. The molecule has 1 aliphatic heterocycles. The number of H-pyrrole nitrogens is 1. The van der Waals surface area contributed by atoms with Gasteiger partial charge in [0.2, 0.25) is 5.89 Å². The van der Waals surface area contributed by atoms with Crippen molar-refractivity contribution in [2.75, 3.05) is 26.3 Å². The van der Waals surface area contributed by atoms with Crippen LogP contribution in [0.2, 0.25) is 0 Å². The fourth-order valence-electron chi connectivity index (χ4n) is 3.50. The van der Waals surface area contributed by atoms with Gasteiger partial charge in [-0.3, -0.25) is 4.90 Å². The topological polar surface area (TPSA) is 54.3 Å². The van der Waals surface area contributed by atoms with Gasteiger partial charge >= 0.3 is 0 Å². The van der Waals surface area contributed by atoms with Gasteiger partial charge in [-0.25, -0.2) is 9.37 Å². The highest BCUT2D eigenvalue weighted by atomic mass is 19.1. The van der Waals surface area contributed by atoms with Crippen molar-refractivity contribution in [3.05, 3.63) is 54.3 Å². The molecule has 132 valence electrons. The quantitative estimate of drug-likeness (QED) is 0.607. The number of hydrogen-bond donors (Lipinski definition) is 1. The second kappa shape index (κ2) is 6.23. The number of nitrogens with zero attached hydrogens (tertiary/aromatic N) is 2. The monoisotopic (exact) mass is 351 g/mol. The fourth-order valence-corrected chi connectivity index (χ4v) is 3.50. The van der Waals surface area contributed by atoms with Crippen molar-refractivity contribution in [3.8, 4) is 11.1 Å². The lowest BCUT2D eigenvalue weighted by molar-refractivity contribution is 0.0308. The molecule has 4 aromatic rings. The Morgan fingerprint density at radius 3 is 2.88 bits per heavy atom. The average molecular weight is 351 g/mol. The molecule has 5 rings (SSSR count). The number of fused-ring (bicyclic) bond motifs is 2. The largest absolute Gasteiger partial charge is 0.439 e. The van der Waals surface area contributed by atoms with E-state index in [1.165, 1.54) is 12.1 Å². The van der Waals surface area contributed by atoms with Crippen molar-refractivity contribution in [1.82, 2.24) is 14.9 Å². The first-order chi connectivity index (χ1) is 12.8. The van der Waals surface area contributed by atoms with Crippen molar-refractivity contribution < 1.29 is 13.5 Å². The van der Waals surface area contributed by atoms with E-state index in [0.29, 0.717) is 6.54 Å². The first-order valence-electron chi connectivity index (χ1n) is 8.73. The van der Waals surface area contributed by atoms with Crippen LogP contribution in [0.5, 0.6) is 0 Å². The number of ether oxygens (including phenoxy) is 1. The van der Waals surface area contributed by atoms with Crippen molar-refractivity contribution in [2.24, 2.45) is 0 Å². The standard InChI is InChI=1S/C20H18FN3O2/c21-14-2-3-15-16(11-22-18(15)10-14)13-1-4-17-19(9-13)26-20(23-17)12-24-5-7-25-8-6-24/h1-4,9-11,22H,5-8,12H2. The number of hydrogen-bond acceptors (Lipinski definition) is 4. The van der Waals surface area contributed by atoms with E-state index in [0.717, 1.165) is 65.3 Å². The zero-order valence-corrected chi connectivity index (χ0v) is 14.2. The van der Waals surface area contributed by atoms with Crippen LogP contribution in [0, 0.1) is 5.82 Å². The van der Waals surface area contributed by atoms with E-state index in [1.807, 2.05) is 24.4 Å². The molecular weight excluding hydrogens is 333 g/mol. The smallest absolute Gasteiger partial charge is 0.209 e. The minimum absolute atomic E-state index is 0.246. The summed E-state index contributed by atoms with van der Waals surface area (Å²) in [6, 6.07) is 10.8. The first-order valence-corrected chi connectivity index (χ1v) is 8.73. The van der Waals surface area contributed by atoms with Gasteiger partial charge in [0.25, 0.3) is 0 Å². The van der Waals surface area contributed by atoms with Gasteiger partial charge < -0.3 is 14.1 Å². The summed E-state index contributed by atoms with van der Waals surface area (Å²) >= 11 is 0. The van der Waals surface area contributed by atoms with Crippen LogP contribution in [0.3, 0.4) is 0 Å². The number of aromatic nitrogens is 2. The summed E-state index contributed by atoms with van der Waals surface area (Å²) in [6.45, 7) is 4.00. The minimum atomic E-state index is -0.246. The third-order valence-electron chi connectivity index (χ3n) is 4.85. The van der Waals surface area contributed by atoms with E-state index in [2.05, 4.69) is 14.9 Å². The molecule has 0 bridgehead atoms. The number of oxazole rings is 1. The summed E-state index contributed by atoms with van der Waals surface area (Å²) in [7, 11) is 0. The number of nitrogens with one attached hydrogen (secondary N) is 1. The predicted octanol–water partition coefficient (Wildman–Crippen LogP) is 3.95. The van der Waals surface area contributed by atoms with E-state index in [4.69, 9.17) is 9.15 Å². The fraction of sp³-hybridized carbons (Fsp3) is 0.250. The Labute approximate surface area is 149 Å². The lowest BCUT2D eigenvalue weighted by atomic mass is 10.0. The maximum absolute atomic E-state index is 13.4. The van der Waals surface area contributed by atoms with E-state index >= 15 is 0 Å². The molecule has 0 aliphatic carbocycles. The lowest BCUT2D eigenvalue weighted by Crippen LogP contribution is -2.35. The maximum atomic E-state index is 13.4. The number of aromatic amines is 1. The van der Waals surface area contributed by atoms with Crippen LogP contribution in [0.4, 0.5) is 4.39 Å². The Bertz CT molecular complexity index is 1080. The molecule has 1 saturated heterocycles. The normalized spacial score (nSPS) is 15.9. The maximum Gasteiger partial charge on any atom is 0.209 e. The molecule has 1 fully saturated rings. The number of rotatable bonds is 3. The van der Waals surface area contributed by atoms with E-state index in [9.17, 15) is 4.39 Å². The molecule has 6 heteroatoms. The molecule has 0 saturated carbocycles. The van der Waals surface area contributed by atoms with Gasteiger partial charge in [0, 0.05) is 35.8 Å². The van der Waals surface area contributed by atoms with Gasteiger partial charge in [-0.05, 0) is 35.9 Å². The molecule has 2 aromatic heterocycles. The van der Waals surface area contributed by atoms with Crippen molar-refractivity contribution >= 4 is 22.0 Å². The Hall–Kier alpha value is -2.70. The van der Waals surface area contributed by atoms with Crippen molar-refractivity contribution in [1.29, 1.82) is 0 Å². The Balaban J connectivity index is 1.49. The second-order valence-corrected chi connectivity index (χ2v) is 6.57. The van der Waals surface area contributed by atoms with Crippen LogP contribution in [0.15, 0.2) is 47.0 Å². The van der Waals surface area contributed by atoms with Gasteiger partial charge in [-0.1, -0.05) is 6.07 Å². The van der Waals surface area contributed by atoms with Gasteiger partial charge in [-0.15, -0.1) is 0 Å². The lowest BCUT2D eigenvalue weighted by Gasteiger charge is -2.24. The third kappa shape index (κ3) is 2.77. The van der Waals surface area contributed by atoms with Crippen molar-refractivity contribution in [3.63, 3.8) is 0 Å². The van der Waals surface area contributed by atoms with E-state index in [-0.39, 0.29) is 5.82 Å². The molecule has 5 nitrogen and oxygen atoms in total. The zero-order chi connectivity index (χ0) is 17.5. The summed E-state index contributed by atoms with van der Waals surface area (Å²) in [5, 5.41) is 0.985. The highest BCUT2D eigenvalue weighted by molar-refractivity contribution is 5.97. The molecular formula is C20H18FN3O2. The van der Waals surface area contributed by atoms with Gasteiger partial charge in [0.15, 0.2) is 5.58 Å². The summed E-state index contributed by atoms with van der Waals surface area (Å²) in [4.78, 5) is 10.0. The molecule has 0 atom stereocenters. The first kappa shape index (κ1) is 15.5. The van der Waals surface area contributed by atoms with Crippen LogP contribution in [0.1, 0.15) is 5.89 Å². The van der Waals surface area contributed by atoms with Crippen LogP contribution in [-0.2, 0) is 11.3 Å². The van der Waals surface area contributed by atoms with E-state index < -0.39 is 0 Å². The Morgan fingerprint density at radius 2 is 2.00 bits per heavy atom. The van der Waals surface area contributed by atoms with E-state index in [1.54, 1.807) is 6.07 Å². The number of halogens is 1. The number of benzene rings is 2. The van der Waals surface area contributed by atoms with Crippen LogP contribution in [0.25, 0.3) is 33.1 Å². The summed E-state index contributed by atoms with van der Waals surface area (Å²) < 4.78 is 24.8. The van der Waals surface area contributed by atoms with Crippen molar-refractivity contribution in [2.45, 2.75) is 6.54 Å².